The van der Waals surface area contributed by atoms with Gasteiger partial charge in [-0.2, -0.15) is 18.4 Å². The first-order valence-electron chi connectivity index (χ1n) is 5.18. The Morgan fingerprint density at radius 1 is 1.25 bits per heavy atom. The fraction of sp³-hybridized carbons (Fsp3) is 0.545. The van der Waals surface area contributed by atoms with Crippen LogP contribution in [0.4, 0.5) is 13.2 Å². The van der Waals surface area contributed by atoms with Crippen LogP contribution in [-0.2, 0) is 6.18 Å². The summed E-state index contributed by atoms with van der Waals surface area (Å²) in [5.41, 5.74) is -0.199. The Hall–Kier alpha value is -1.02. The molecule has 0 radical (unpaired) electrons. The summed E-state index contributed by atoms with van der Waals surface area (Å²) >= 11 is 1.05. The summed E-state index contributed by atoms with van der Waals surface area (Å²) in [6.07, 6.45) is -1.53. The summed E-state index contributed by atoms with van der Waals surface area (Å²) in [5, 5.41) is 8.77. The second-order valence-corrected chi connectivity index (χ2v) is 5.39. The molecular formula is C11H8F3NS. The molecule has 1 nitrogen and oxygen atoms in total. The minimum Gasteiger partial charge on any atom is -0.192 e. The SMILES string of the molecule is N#Cc1sc2c(c1C(F)(F)F)C1CCCC21. The van der Waals surface area contributed by atoms with Crippen LogP contribution in [0.15, 0.2) is 0 Å². The largest absolute Gasteiger partial charge is 0.418 e. The van der Waals surface area contributed by atoms with Crippen molar-refractivity contribution < 1.29 is 13.2 Å². The van der Waals surface area contributed by atoms with Crippen LogP contribution >= 0.6 is 11.3 Å². The molecule has 16 heavy (non-hydrogen) atoms. The van der Waals surface area contributed by atoms with Gasteiger partial charge in [-0.1, -0.05) is 6.42 Å². The van der Waals surface area contributed by atoms with Gasteiger partial charge < -0.3 is 0 Å². The third-order valence-electron chi connectivity index (χ3n) is 3.58. The molecule has 0 spiro atoms. The van der Waals surface area contributed by atoms with E-state index in [4.69, 9.17) is 5.26 Å². The van der Waals surface area contributed by atoms with E-state index >= 15 is 0 Å². The van der Waals surface area contributed by atoms with Crippen LogP contribution in [0.25, 0.3) is 0 Å². The zero-order valence-corrected chi connectivity index (χ0v) is 9.08. The summed E-state index contributed by atoms with van der Waals surface area (Å²) < 4.78 is 38.6. The van der Waals surface area contributed by atoms with Gasteiger partial charge >= 0.3 is 6.18 Å². The van der Waals surface area contributed by atoms with Gasteiger partial charge in [-0.3, -0.25) is 0 Å². The van der Waals surface area contributed by atoms with Crippen LogP contribution < -0.4 is 0 Å². The van der Waals surface area contributed by atoms with Crippen molar-refractivity contribution >= 4 is 11.3 Å². The van der Waals surface area contributed by atoms with Gasteiger partial charge in [0.15, 0.2) is 0 Å². The normalized spacial score (nSPS) is 26.9. The lowest BCUT2D eigenvalue weighted by Crippen LogP contribution is -2.21. The van der Waals surface area contributed by atoms with E-state index in [2.05, 4.69) is 0 Å². The Morgan fingerprint density at radius 3 is 2.56 bits per heavy atom. The summed E-state index contributed by atoms with van der Waals surface area (Å²) in [7, 11) is 0. The van der Waals surface area contributed by atoms with Gasteiger partial charge in [0.05, 0.1) is 5.56 Å². The van der Waals surface area contributed by atoms with Crippen LogP contribution in [0.1, 0.15) is 52.0 Å². The molecule has 2 unspecified atom stereocenters. The first-order valence-corrected chi connectivity index (χ1v) is 5.99. The third kappa shape index (κ3) is 1.11. The number of fused-ring (bicyclic) bond motifs is 4. The number of thiophene rings is 1. The first kappa shape index (κ1) is 10.2. The number of nitrogens with zero attached hydrogens (tertiary/aromatic N) is 1. The summed E-state index contributed by atoms with van der Waals surface area (Å²) in [5.74, 6) is 0.383. The van der Waals surface area contributed by atoms with Crippen LogP contribution in [0, 0.1) is 11.3 Å². The number of rotatable bonds is 0. The first-order chi connectivity index (χ1) is 7.54. The van der Waals surface area contributed by atoms with Crippen LogP contribution in [0.2, 0.25) is 0 Å². The number of alkyl halides is 3. The van der Waals surface area contributed by atoms with E-state index in [1.54, 1.807) is 6.07 Å². The highest BCUT2D eigenvalue weighted by Gasteiger charge is 2.51. The van der Waals surface area contributed by atoms with Crippen molar-refractivity contribution in [1.82, 2.24) is 0 Å². The minimum atomic E-state index is -4.37. The molecule has 0 bridgehead atoms. The summed E-state index contributed by atoms with van der Waals surface area (Å²) in [6, 6.07) is 1.69. The highest BCUT2D eigenvalue weighted by molar-refractivity contribution is 7.13. The van der Waals surface area contributed by atoms with Gasteiger partial charge in [0.2, 0.25) is 0 Å². The highest BCUT2D eigenvalue weighted by Crippen LogP contribution is 2.63. The second kappa shape index (κ2) is 3.01. The average Bonchev–Trinajstić information content (AvgIpc) is 2.70. The van der Waals surface area contributed by atoms with Gasteiger partial charge in [0, 0.05) is 10.8 Å². The maximum Gasteiger partial charge on any atom is 0.418 e. The fourth-order valence-electron chi connectivity index (χ4n) is 2.99. The lowest BCUT2D eigenvalue weighted by molar-refractivity contribution is -0.138. The smallest absolute Gasteiger partial charge is 0.192 e. The average molecular weight is 243 g/mol. The Kier molecular flexibility index (Phi) is 1.91. The van der Waals surface area contributed by atoms with E-state index in [0.717, 1.165) is 35.5 Å². The van der Waals surface area contributed by atoms with Crippen molar-refractivity contribution in [2.24, 2.45) is 0 Å². The van der Waals surface area contributed by atoms with Gasteiger partial charge in [0.25, 0.3) is 0 Å². The molecule has 2 atom stereocenters. The fourth-order valence-corrected chi connectivity index (χ4v) is 4.38. The molecule has 84 valence electrons. The Morgan fingerprint density at radius 2 is 1.94 bits per heavy atom. The van der Waals surface area contributed by atoms with E-state index in [9.17, 15) is 13.2 Å². The Bertz CT molecular complexity index is 495. The molecule has 0 N–H and O–H groups in total. The molecule has 0 aromatic carbocycles. The number of hydrogen-bond donors (Lipinski definition) is 0. The van der Waals surface area contributed by atoms with E-state index in [1.807, 2.05) is 0 Å². The molecular weight excluding hydrogens is 235 g/mol. The summed E-state index contributed by atoms with van der Waals surface area (Å²) in [6.45, 7) is 0. The number of halogens is 3. The maximum absolute atomic E-state index is 12.9. The molecule has 0 amide bonds. The molecule has 0 saturated heterocycles. The lowest BCUT2D eigenvalue weighted by Gasteiger charge is -2.32. The van der Waals surface area contributed by atoms with E-state index in [-0.39, 0.29) is 10.8 Å². The second-order valence-electron chi connectivity index (χ2n) is 4.34. The molecule has 1 aromatic rings. The van der Waals surface area contributed by atoms with Crippen molar-refractivity contribution in [3.05, 3.63) is 20.9 Å². The van der Waals surface area contributed by atoms with Crippen LogP contribution in [0.3, 0.4) is 0 Å². The number of hydrogen-bond acceptors (Lipinski definition) is 2. The Balaban J connectivity index is 2.18. The summed E-state index contributed by atoms with van der Waals surface area (Å²) in [4.78, 5) is 0.679. The maximum atomic E-state index is 12.9. The molecule has 2 aliphatic rings. The molecule has 0 aliphatic heterocycles. The van der Waals surface area contributed by atoms with Crippen molar-refractivity contribution in [2.75, 3.05) is 0 Å². The zero-order valence-electron chi connectivity index (χ0n) is 8.27. The molecule has 2 aliphatic carbocycles. The van der Waals surface area contributed by atoms with Crippen LogP contribution in [0.5, 0.6) is 0 Å². The van der Waals surface area contributed by atoms with Gasteiger partial charge in [-0.05, 0) is 24.3 Å². The van der Waals surface area contributed by atoms with Gasteiger partial charge in [0.1, 0.15) is 10.9 Å². The molecule has 1 saturated carbocycles. The lowest BCUT2D eigenvalue weighted by atomic mass is 9.74. The Labute approximate surface area is 94.5 Å². The van der Waals surface area contributed by atoms with Gasteiger partial charge in [-0.25, -0.2) is 0 Å². The predicted octanol–water partition coefficient (Wildman–Crippen LogP) is 4.00. The van der Waals surface area contributed by atoms with E-state index in [0.29, 0.717) is 11.5 Å². The molecule has 1 aromatic heterocycles. The third-order valence-corrected chi connectivity index (χ3v) is 4.82. The van der Waals surface area contributed by atoms with Crippen molar-refractivity contribution in [2.45, 2.75) is 37.3 Å². The minimum absolute atomic E-state index is 0.0741. The van der Waals surface area contributed by atoms with E-state index in [1.165, 1.54) is 0 Å². The monoisotopic (exact) mass is 243 g/mol. The quantitative estimate of drug-likeness (QED) is 0.675. The highest BCUT2D eigenvalue weighted by atomic mass is 32.1. The zero-order chi connectivity index (χ0) is 11.5. The van der Waals surface area contributed by atoms with Gasteiger partial charge in [-0.15, -0.1) is 11.3 Å². The van der Waals surface area contributed by atoms with E-state index < -0.39 is 11.7 Å². The molecule has 1 heterocycles. The topological polar surface area (TPSA) is 23.8 Å². The van der Waals surface area contributed by atoms with Crippen molar-refractivity contribution in [3.63, 3.8) is 0 Å². The standard InChI is InChI=1S/C11H8F3NS/c12-11(13,14)9-7(4-15)16-10-6-3-1-2-5(6)8(9)10/h5-6H,1-3H2. The van der Waals surface area contributed by atoms with Crippen LogP contribution in [-0.4, -0.2) is 0 Å². The molecule has 3 rings (SSSR count). The predicted molar refractivity (Wildman–Crippen MR) is 53.4 cm³/mol. The molecule has 1 fully saturated rings. The van der Waals surface area contributed by atoms with Crippen molar-refractivity contribution in [3.8, 4) is 6.07 Å². The van der Waals surface area contributed by atoms with Crippen molar-refractivity contribution in [1.29, 1.82) is 5.26 Å². The number of nitriles is 1. The molecule has 5 heteroatoms.